The number of benzene rings is 2. The Morgan fingerprint density at radius 1 is 0.966 bits per heavy atom. The highest BCUT2D eigenvalue weighted by Gasteiger charge is 2.16. The molecule has 2 aromatic carbocycles. The maximum atomic E-state index is 13.7. The largest absolute Gasteiger partial charge is 0.281 e. The van der Waals surface area contributed by atoms with Gasteiger partial charge in [-0.2, -0.15) is 0 Å². The van der Waals surface area contributed by atoms with Crippen molar-refractivity contribution in [3.63, 3.8) is 0 Å². The number of aryl methyl sites for hydroxylation is 3. The van der Waals surface area contributed by atoms with E-state index in [0.29, 0.717) is 0 Å². The molecule has 0 saturated heterocycles. The van der Waals surface area contributed by atoms with E-state index in [2.05, 4.69) is 25.1 Å². The van der Waals surface area contributed by atoms with Crippen LogP contribution in [0.2, 0.25) is 0 Å². The van der Waals surface area contributed by atoms with Crippen LogP contribution >= 0.6 is 0 Å². The smallest absolute Gasteiger partial charge is 0.263 e. The molecule has 0 N–H and O–H groups in total. The van der Waals surface area contributed by atoms with Gasteiger partial charge in [-0.1, -0.05) is 43.3 Å². The molecule has 5 rings (SSSR count). The van der Waals surface area contributed by atoms with Gasteiger partial charge >= 0.3 is 0 Å². The summed E-state index contributed by atoms with van der Waals surface area (Å²) in [7, 11) is 0. The van der Waals surface area contributed by atoms with Gasteiger partial charge in [0.25, 0.3) is 5.56 Å². The fourth-order valence-electron chi connectivity index (χ4n) is 4.51. The number of hydrogen-bond acceptors (Lipinski definition) is 2. The summed E-state index contributed by atoms with van der Waals surface area (Å²) in [6.07, 6.45) is 7.31. The normalized spacial score (nSPS) is 13.4. The summed E-state index contributed by atoms with van der Waals surface area (Å²) in [5.41, 5.74) is 6.54. The summed E-state index contributed by atoms with van der Waals surface area (Å²) >= 11 is 0. The van der Waals surface area contributed by atoms with Gasteiger partial charge in [-0.15, -0.1) is 0 Å². The van der Waals surface area contributed by atoms with Crippen molar-refractivity contribution in [1.29, 1.82) is 0 Å². The summed E-state index contributed by atoms with van der Waals surface area (Å²) in [5, 5.41) is 1.76. The number of pyridine rings is 2. The second-order valence-corrected chi connectivity index (χ2v) is 7.77. The molecule has 0 spiro atoms. The molecule has 0 bridgehead atoms. The number of hydrogen-bond donors (Lipinski definition) is 0. The van der Waals surface area contributed by atoms with Crippen molar-refractivity contribution in [3.8, 4) is 16.8 Å². The summed E-state index contributed by atoms with van der Waals surface area (Å²) in [6, 6.07) is 20.5. The lowest BCUT2D eigenvalue weighted by Gasteiger charge is -2.17. The standard InChI is InChI=1S/C26H24N2O/c1-2-21-16-19-10-8-13-23(20-15-18-9-6-7-14-24(18)27-17-20)25(19)26(29)28(21)22-11-4-3-5-12-22/h3-5,8,10-13,15-17H,2,6-7,9,14H2,1H3. The van der Waals surface area contributed by atoms with Crippen LogP contribution in [0.15, 0.2) is 71.7 Å². The molecule has 0 aliphatic heterocycles. The second kappa shape index (κ2) is 7.32. The lowest BCUT2D eigenvalue weighted by atomic mass is 9.92. The van der Waals surface area contributed by atoms with Crippen LogP contribution in [0.25, 0.3) is 27.6 Å². The molecule has 2 aromatic heterocycles. The molecule has 3 nitrogen and oxygen atoms in total. The lowest BCUT2D eigenvalue weighted by Crippen LogP contribution is -2.22. The predicted molar refractivity (Wildman–Crippen MR) is 119 cm³/mol. The Balaban J connectivity index is 1.79. The van der Waals surface area contributed by atoms with Crippen LogP contribution in [0, 0.1) is 0 Å². The lowest BCUT2D eigenvalue weighted by molar-refractivity contribution is 0.668. The quantitative estimate of drug-likeness (QED) is 0.471. The predicted octanol–water partition coefficient (Wildman–Crippen LogP) is 5.49. The first kappa shape index (κ1) is 17.9. The average Bonchev–Trinajstić information content (AvgIpc) is 2.78. The maximum absolute atomic E-state index is 13.7. The first-order valence-electron chi connectivity index (χ1n) is 10.5. The molecule has 29 heavy (non-hydrogen) atoms. The van der Waals surface area contributed by atoms with Crippen molar-refractivity contribution in [2.75, 3.05) is 0 Å². The maximum Gasteiger partial charge on any atom is 0.263 e. The second-order valence-electron chi connectivity index (χ2n) is 7.77. The molecular formula is C26H24N2O. The Kier molecular flexibility index (Phi) is 4.51. The van der Waals surface area contributed by atoms with Gasteiger partial charge in [0.05, 0.1) is 5.39 Å². The zero-order valence-electron chi connectivity index (χ0n) is 16.7. The van der Waals surface area contributed by atoms with Crippen molar-refractivity contribution in [2.45, 2.75) is 39.0 Å². The molecule has 1 aliphatic rings. The fourth-order valence-corrected chi connectivity index (χ4v) is 4.51. The van der Waals surface area contributed by atoms with Gasteiger partial charge in [-0.25, -0.2) is 0 Å². The van der Waals surface area contributed by atoms with E-state index >= 15 is 0 Å². The van der Waals surface area contributed by atoms with Gasteiger partial charge in [0.1, 0.15) is 0 Å². The molecule has 1 aliphatic carbocycles. The molecule has 0 fully saturated rings. The molecule has 144 valence electrons. The molecule has 0 unspecified atom stereocenters. The molecule has 4 aromatic rings. The zero-order valence-corrected chi connectivity index (χ0v) is 16.7. The van der Waals surface area contributed by atoms with E-state index in [9.17, 15) is 4.79 Å². The van der Waals surface area contributed by atoms with Crippen molar-refractivity contribution in [1.82, 2.24) is 9.55 Å². The Bertz CT molecular complexity index is 1260. The van der Waals surface area contributed by atoms with Crippen molar-refractivity contribution in [2.24, 2.45) is 0 Å². The first-order valence-corrected chi connectivity index (χ1v) is 10.5. The average molecular weight is 380 g/mol. The van der Waals surface area contributed by atoms with E-state index < -0.39 is 0 Å². The number of rotatable bonds is 3. The van der Waals surface area contributed by atoms with E-state index in [-0.39, 0.29) is 5.56 Å². The van der Waals surface area contributed by atoms with Crippen molar-refractivity contribution >= 4 is 10.8 Å². The van der Waals surface area contributed by atoms with E-state index in [0.717, 1.165) is 52.5 Å². The van der Waals surface area contributed by atoms with Gasteiger partial charge in [-0.3, -0.25) is 14.3 Å². The van der Waals surface area contributed by atoms with Crippen LogP contribution in [0.4, 0.5) is 0 Å². The van der Waals surface area contributed by atoms with Gasteiger partial charge in [-0.05, 0) is 72.9 Å². The third-order valence-corrected chi connectivity index (χ3v) is 5.98. The summed E-state index contributed by atoms with van der Waals surface area (Å²) in [5.74, 6) is 0. The number of para-hydroxylation sites is 1. The fraction of sp³-hybridized carbons (Fsp3) is 0.231. The molecular weight excluding hydrogens is 356 g/mol. The summed E-state index contributed by atoms with van der Waals surface area (Å²) < 4.78 is 1.86. The molecule has 2 heterocycles. The van der Waals surface area contributed by atoms with Crippen molar-refractivity contribution in [3.05, 3.63) is 94.2 Å². The molecule has 0 amide bonds. The van der Waals surface area contributed by atoms with Crippen LogP contribution in [-0.2, 0) is 19.3 Å². The third-order valence-electron chi connectivity index (χ3n) is 5.98. The minimum Gasteiger partial charge on any atom is -0.281 e. The molecule has 0 radical (unpaired) electrons. The van der Waals surface area contributed by atoms with Crippen LogP contribution in [-0.4, -0.2) is 9.55 Å². The number of aromatic nitrogens is 2. The van der Waals surface area contributed by atoms with E-state index in [1.54, 1.807) is 0 Å². The van der Waals surface area contributed by atoms with Gasteiger partial charge in [0, 0.05) is 28.8 Å². The van der Waals surface area contributed by atoms with Crippen LogP contribution in [0.5, 0.6) is 0 Å². The molecule has 0 saturated carbocycles. The van der Waals surface area contributed by atoms with E-state index in [1.165, 1.54) is 24.1 Å². The Morgan fingerprint density at radius 2 is 1.79 bits per heavy atom. The van der Waals surface area contributed by atoms with Gasteiger partial charge < -0.3 is 0 Å². The van der Waals surface area contributed by atoms with Gasteiger partial charge in [0.2, 0.25) is 0 Å². The number of nitrogens with zero attached hydrogens (tertiary/aromatic N) is 2. The highest BCUT2D eigenvalue weighted by Crippen LogP contribution is 2.30. The molecule has 0 atom stereocenters. The summed E-state index contributed by atoms with van der Waals surface area (Å²) in [4.78, 5) is 18.5. The van der Waals surface area contributed by atoms with E-state index in [4.69, 9.17) is 4.98 Å². The van der Waals surface area contributed by atoms with Crippen LogP contribution in [0.3, 0.4) is 0 Å². The Hall–Kier alpha value is -3.20. The SMILES string of the molecule is CCc1cc2cccc(-c3cnc4c(c3)CCCC4)c2c(=O)n1-c1ccccc1. The number of fused-ring (bicyclic) bond motifs is 2. The highest BCUT2D eigenvalue weighted by atomic mass is 16.1. The van der Waals surface area contributed by atoms with Crippen LogP contribution in [0.1, 0.15) is 36.7 Å². The van der Waals surface area contributed by atoms with Crippen LogP contribution < -0.4 is 5.56 Å². The first-order chi connectivity index (χ1) is 14.3. The third kappa shape index (κ3) is 3.07. The minimum atomic E-state index is 0.0406. The van der Waals surface area contributed by atoms with Crippen molar-refractivity contribution < 1.29 is 0 Å². The highest BCUT2D eigenvalue weighted by molar-refractivity contribution is 5.96. The zero-order chi connectivity index (χ0) is 19.8. The summed E-state index contributed by atoms with van der Waals surface area (Å²) in [6.45, 7) is 2.09. The topological polar surface area (TPSA) is 34.9 Å². The minimum absolute atomic E-state index is 0.0406. The Labute approximate surface area is 170 Å². The monoisotopic (exact) mass is 380 g/mol. The van der Waals surface area contributed by atoms with Gasteiger partial charge in [0.15, 0.2) is 0 Å². The molecule has 3 heteroatoms. The Morgan fingerprint density at radius 3 is 2.62 bits per heavy atom. The van der Waals surface area contributed by atoms with E-state index in [1.807, 2.05) is 53.2 Å².